The number of halogens is 4. The molecule has 0 unspecified atom stereocenters. The number of alkyl halides is 2. The van der Waals surface area contributed by atoms with Crippen LogP contribution in [-0.2, 0) is 17.9 Å². The van der Waals surface area contributed by atoms with Crippen molar-refractivity contribution in [1.29, 1.82) is 0 Å². The Labute approximate surface area is 172 Å². The van der Waals surface area contributed by atoms with Crippen molar-refractivity contribution in [2.75, 3.05) is 6.54 Å². The fraction of sp³-hybridized carbons (Fsp3) is 0.588. The molecule has 1 saturated carbocycles. The lowest BCUT2D eigenvalue weighted by Crippen LogP contribution is -2.30. The fourth-order valence-corrected chi connectivity index (χ4v) is 4.09. The van der Waals surface area contributed by atoms with E-state index in [0.29, 0.717) is 23.3 Å². The van der Waals surface area contributed by atoms with Gasteiger partial charge in [0.15, 0.2) is 0 Å². The third-order valence-electron chi connectivity index (χ3n) is 4.58. The van der Waals surface area contributed by atoms with Crippen molar-refractivity contribution in [2.24, 2.45) is 0 Å². The zero-order chi connectivity index (χ0) is 19.7. The Morgan fingerprint density at radius 1 is 1.22 bits per heavy atom. The molecule has 0 atom stereocenters. The minimum absolute atomic E-state index is 0.0530. The molecule has 1 amide bonds. The van der Waals surface area contributed by atoms with Gasteiger partial charge in [-0.05, 0) is 65.0 Å². The Hall–Kier alpha value is -1.29. The lowest BCUT2D eigenvalue weighted by molar-refractivity contribution is -0.121. The zero-order valence-electron chi connectivity index (χ0n) is 15.1. The van der Waals surface area contributed by atoms with Crippen LogP contribution in [0.4, 0.5) is 8.78 Å². The van der Waals surface area contributed by atoms with Crippen LogP contribution in [-0.4, -0.2) is 32.0 Å². The molecule has 0 bridgehead atoms. The Balaban J connectivity index is 1.54. The number of aryl methyl sites for hydroxylation is 2. The molecule has 148 valence electrons. The van der Waals surface area contributed by atoms with E-state index in [1.807, 2.05) is 18.5 Å². The van der Waals surface area contributed by atoms with Crippen molar-refractivity contribution >= 4 is 37.8 Å². The van der Waals surface area contributed by atoms with Crippen molar-refractivity contribution in [3.8, 4) is 0 Å². The lowest BCUT2D eigenvalue weighted by Gasteiger charge is -2.09. The molecule has 0 radical (unpaired) electrons. The Kier molecular flexibility index (Phi) is 6.35. The Bertz CT molecular complexity index is 845. The van der Waals surface area contributed by atoms with Crippen molar-refractivity contribution in [3.63, 3.8) is 0 Å². The normalized spacial score (nSPS) is 14.2. The van der Waals surface area contributed by atoms with Crippen LogP contribution in [0, 0.1) is 13.8 Å². The van der Waals surface area contributed by atoms with Gasteiger partial charge in [0.1, 0.15) is 12.2 Å². The highest BCUT2D eigenvalue weighted by Crippen LogP contribution is 2.45. The van der Waals surface area contributed by atoms with Gasteiger partial charge in [-0.2, -0.15) is 10.2 Å². The number of hydrogen-bond donors (Lipinski definition) is 1. The molecule has 2 heterocycles. The van der Waals surface area contributed by atoms with E-state index in [2.05, 4.69) is 47.4 Å². The summed E-state index contributed by atoms with van der Waals surface area (Å²) in [5.41, 5.74) is 2.39. The van der Waals surface area contributed by atoms with Gasteiger partial charge in [0.2, 0.25) is 5.91 Å². The van der Waals surface area contributed by atoms with Gasteiger partial charge in [-0.3, -0.25) is 14.2 Å². The van der Waals surface area contributed by atoms with Crippen molar-refractivity contribution < 1.29 is 13.6 Å². The smallest absolute Gasteiger partial charge is 0.283 e. The van der Waals surface area contributed by atoms with Gasteiger partial charge in [0.05, 0.1) is 20.3 Å². The molecule has 27 heavy (non-hydrogen) atoms. The number of amides is 1. The van der Waals surface area contributed by atoms with Crippen LogP contribution in [0.3, 0.4) is 0 Å². The van der Waals surface area contributed by atoms with Crippen LogP contribution in [0.1, 0.15) is 54.4 Å². The molecule has 2 aromatic heterocycles. The molecule has 0 aliphatic heterocycles. The summed E-state index contributed by atoms with van der Waals surface area (Å²) in [6.45, 7) is 5.04. The van der Waals surface area contributed by atoms with Crippen LogP contribution in [0.2, 0.25) is 0 Å². The molecule has 1 N–H and O–H groups in total. The molecule has 1 aliphatic carbocycles. The first kappa shape index (κ1) is 20.4. The second-order valence-corrected chi connectivity index (χ2v) is 8.31. The van der Waals surface area contributed by atoms with E-state index < -0.39 is 6.43 Å². The van der Waals surface area contributed by atoms with Gasteiger partial charge in [-0.1, -0.05) is 0 Å². The largest absolute Gasteiger partial charge is 0.354 e. The van der Waals surface area contributed by atoms with Crippen LogP contribution < -0.4 is 5.32 Å². The SMILES string of the molecule is Cc1nn(CCCNC(=O)Cn2nc(C(F)F)c(Br)c2C2CC2)c(C)c1Br. The number of carbonyl (C=O) groups excluding carboxylic acids is 1. The third kappa shape index (κ3) is 4.59. The molecule has 6 nitrogen and oxygen atoms in total. The molecule has 0 saturated heterocycles. The maximum atomic E-state index is 13.1. The number of rotatable bonds is 8. The van der Waals surface area contributed by atoms with E-state index >= 15 is 0 Å². The molecule has 1 aliphatic rings. The van der Waals surface area contributed by atoms with E-state index in [4.69, 9.17) is 0 Å². The highest BCUT2D eigenvalue weighted by molar-refractivity contribution is 9.10. The highest BCUT2D eigenvalue weighted by atomic mass is 79.9. The van der Waals surface area contributed by atoms with Gasteiger partial charge in [-0.25, -0.2) is 8.78 Å². The monoisotopic (exact) mass is 507 g/mol. The quantitative estimate of drug-likeness (QED) is 0.542. The Morgan fingerprint density at radius 2 is 1.93 bits per heavy atom. The summed E-state index contributed by atoms with van der Waals surface area (Å²) in [6, 6.07) is 0. The van der Waals surface area contributed by atoms with Crippen LogP contribution in [0.5, 0.6) is 0 Å². The summed E-state index contributed by atoms with van der Waals surface area (Å²) in [5, 5.41) is 11.2. The minimum Gasteiger partial charge on any atom is -0.354 e. The Morgan fingerprint density at radius 3 is 2.48 bits per heavy atom. The van der Waals surface area contributed by atoms with Gasteiger partial charge >= 0.3 is 0 Å². The number of aromatic nitrogens is 4. The molecular weight excluding hydrogens is 488 g/mol. The van der Waals surface area contributed by atoms with Crippen molar-refractivity contribution in [2.45, 2.75) is 58.5 Å². The molecule has 0 spiro atoms. The van der Waals surface area contributed by atoms with Gasteiger partial charge in [0.25, 0.3) is 6.43 Å². The predicted molar refractivity (Wildman–Crippen MR) is 104 cm³/mol. The first-order valence-electron chi connectivity index (χ1n) is 8.80. The average molecular weight is 509 g/mol. The molecular formula is C17H21Br2F2N5O. The topological polar surface area (TPSA) is 64.7 Å². The van der Waals surface area contributed by atoms with Gasteiger partial charge in [-0.15, -0.1) is 0 Å². The lowest BCUT2D eigenvalue weighted by atomic mass is 10.2. The second kappa shape index (κ2) is 8.38. The summed E-state index contributed by atoms with van der Waals surface area (Å²) in [7, 11) is 0. The minimum atomic E-state index is -2.67. The molecule has 3 rings (SSSR count). The van der Waals surface area contributed by atoms with E-state index in [9.17, 15) is 13.6 Å². The van der Waals surface area contributed by atoms with E-state index in [-0.39, 0.29) is 24.1 Å². The fourth-order valence-electron chi connectivity index (χ4n) is 3.02. The number of carbonyl (C=O) groups is 1. The summed E-state index contributed by atoms with van der Waals surface area (Å²) in [5.74, 6) is -0.0288. The maximum Gasteiger partial charge on any atom is 0.283 e. The number of hydrogen-bond acceptors (Lipinski definition) is 3. The zero-order valence-corrected chi connectivity index (χ0v) is 18.3. The van der Waals surface area contributed by atoms with E-state index in [1.54, 1.807) is 0 Å². The standard InChI is InChI=1S/C17H21Br2F2N5O/c1-9-13(18)10(2)25(23-9)7-3-6-22-12(27)8-26-16(11-4-5-11)14(19)15(24-26)17(20)21/h11,17H,3-8H2,1-2H3,(H,22,27). The molecule has 0 aromatic carbocycles. The molecule has 1 fully saturated rings. The summed E-state index contributed by atoms with van der Waals surface area (Å²) >= 11 is 6.72. The average Bonchev–Trinajstić information content (AvgIpc) is 3.35. The second-order valence-electron chi connectivity index (χ2n) is 6.73. The van der Waals surface area contributed by atoms with Crippen molar-refractivity contribution in [1.82, 2.24) is 24.9 Å². The summed E-state index contributed by atoms with van der Waals surface area (Å²) in [4.78, 5) is 12.2. The van der Waals surface area contributed by atoms with E-state index in [1.165, 1.54) is 4.68 Å². The van der Waals surface area contributed by atoms with Gasteiger partial charge in [0, 0.05) is 24.7 Å². The summed E-state index contributed by atoms with van der Waals surface area (Å²) < 4.78 is 30.8. The third-order valence-corrected chi connectivity index (χ3v) is 6.54. The molecule has 2 aromatic rings. The first-order valence-corrected chi connectivity index (χ1v) is 10.4. The van der Waals surface area contributed by atoms with Crippen LogP contribution in [0.15, 0.2) is 8.95 Å². The van der Waals surface area contributed by atoms with Crippen LogP contribution >= 0.6 is 31.9 Å². The highest BCUT2D eigenvalue weighted by Gasteiger charge is 2.34. The number of nitrogens with one attached hydrogen (secondary N) is 1. The predicted octanol–water partition coefficient (Wildman–Crippen LogP) is 4.24. The number of nitrogens with zero attached hydrogens (tertiary/aromatic N) is 4. The van der Waals surface area contributed by atoms with Crippen molar-refractivity contribution in [3.05, 3.63) is 31.7 Å². The molecule has 10 heteroatoms. The first-order chi connectivity index (χ1) is 12.8. The van der Waals surface area contributed by atoms with Crippen LogP contribution in [0.25, 0.3) is 0 Å². The summed E-state index contributed by atoms with van der Waals surface area (Å²) in [6.07, 6.45) is -0.0680. The van der Waals surface area contributed by atoms with E-state index in [0.717, 1.165) is 35.1 Å². The maximum absolute atomic E-state index is 13.1. The van der Waals surface area contributed by atoms with Gasteiger partial charge < -0.3 is 5.32 Å².